The van der Waals surface area contributed by atoms with E-state index < -0.39 is 9.84 Å². The van der Waals surface area contributed by atoms with E-state index in [0.717, 1.165) is 9.35 Å². The van der Waals surface area contributed by atoms with E-state index in [0.29, 0.717) is 13.1 Å². The van der Waals surface area contributed by atoms with Gasteiger partial charge < -0.3 is 10.6 Å². The Labute approximate surface area is 124 Å². The van der Waals surface area contributed by atoms with E-state index in [-0.39, 0.29) is 29.9 Å². The third kappa shape index (κ3) is 4.87. The Kier molecular flexibility index (Phi) is 4.99. The second kappa shape index (κ2) is 6.34. The zero-order valence-electron chi connectivity index (χ0n) is 10.2. The lowest BCUT2D eigenvalue weighted by atomic mass is 10.2. The van der Waals surface area contributed by atoms with Gasteiger partial charge in [-0.05, 0) is 22.0 Å². The lowest BCUT2D eigenvalue weighted by Crippen LogP contribution is -2.47. The first kappa shape index (κ1) is 15.0. The highest BCUT2D eigenvalue weighted by Crippen LogP contribution is 2.19. The molecule has 2 N–H and O–H groups in total. The Morgan fingerprint density at radius 3 is 3.00 bits per heavy atom. The van der Waals surface area contributed by atoms with Crippen LogP contribution in [0.1, 0.15) is 11.3 Å². The maximum Gasteiger partial charge on any atom is 0.221 e. The van der Waals surface area contributed by atoms with Gasteiger partial charge in [-0.25, -0.2) is 8.42 Å². The quantitative estimate of drug-likeness (QED) is 0.830. The van der Waals surface area contributed by atoms with E-state index in [1.54, 1.807) is 11.3 Å². The predicted molar refractivity (Wildman–Crippen MR) is 78.9 cm³/mol. The Morgan fingerprint density at radius 1 is 1.58 bits per heavy atom. The molecule has 0 spiro atoms. The van der Waals surface area contributed by atoms with Crippen LogP contribution in [0.5, 0.6) is 0 Å². The van der Waals surface area contributed by atoms with Crippen molar-refractivity contribution in [2.75, 3.05) is 18.1 Å². The molecule has 1 aromatic heterocycles. The van der Waals surface area contributed by atoms with Crippen molar-refractivity contribution >= 4 is 43.0 Å². The van der Waals surface area contributed by atoms with Crippen LogP contribution in [-0.2, 0) is 21.2 Å². The molecule has 1 aliphatic heterocycles. The van der Waals surface area contributed by atoms with Crippen LogP contribution in [0, 0.1) is 0 Å². The molecule has 2 rings (SSSR count). The summed E-state index contributed by atoms with van der Waals surface area (Å²) in [4.78, 5) is 12.8. The number of hydrogen-bond donors (Lipinski definition) is 2. The minimum Gasteiger partial charge on any atom is -0.351 e. The molecule has 0 aliphatic carbocycles. The molecule has 5 nitrogen and oxygen atoms in total. The van der Waals surface area contributed by atoms with Gasteiger partial charge >= 0.3 is 0 Å². The second-order valence-electron chi connectivity index (χ2n) is 4.48. The van der Waals surface area contributed by atoms with Crippen LogP contribution in [0.3, 0.4) is 0 Å². The highest BCUT2D eigenvalue weighted by Gasteiger charge is 2.25. The maximum atomic E-state index is 11.7. The van der Waals surface area contributed by atoms with Crippen molar-refractivity contribution in [1.82, 2.24) is 10.6 Å². The number of thiophene rings is 1. The van der Waals surface area contributed by atoms with E-state index in [9.17, 15) is 13.2 Å². The van der Waals surface area contributed by atoms with Gasteiger partial charge in [-0.2, -0.15) is 0 Å². The summed E-state index contributed by atoms with van der Waals surface area (Å²) < 4.78 is 23.9. The van der Waals surface area contributed by atoms with Crippen molar-refractivity contribution in [2.45, 2.75) is 19.0 Å². The van der Waals surface area contributed by atoms with Gasteiger partial charge in [0, 0.05) is 33.7 Å². The fourth-order valence-corrected chi connectivity index (χ4v) is 4.76. The van der Waals surface area contributed by atoms with E-state index in [4.69, 9.17) is 0 Å². The molecule has 0 bridgehead atoms. The summed E-state index contributed by atoms with van der Waals surface area (Å²) in [7, 11) is -2.99. The number of hydrogen-bond acceptors (Lipinski definition) is 5. The molecule has 1 saturated heterocycles. The summed E-state index contributed by atoms with van der Waals surface area (Å²) in [5.74, 6) is 0.0818. The van der Waals surface area contributed by atoms with Crippen molar-refractivity contribution in [3.63, 3.8) is 0 Å². The first-order chi connectivity index (χ1) is 8.94. The van der Waals surface area contributed by atoms with Gasteiger partial charge in [0.2, 0.25) is 5.91 Å². The van der Waals surface area contributed by atoms with Crippen LogP contribution in [0.15, 0.2) is 15.9 Å². The number of nitrogens with one attached hydrogen (secondary N) is 2. The minimum absolute atomic E-state index is 0.0466. The topological polar surface area (TPSA) is 75.3 Å². The molecule has 2 heterocycles. The van der Waals surface area contributed by atoms with Gasteiger partial charge in [0.05, 0.1) is 18.1 Å². The fourth-order valence-electron chi connectivity index (χ4n) is 1.93. The van der Waals surface area contributed by atoms with Crippen LogP contribution in [-0.4, -0.2) is 38.4 Å². The fraction of sp³-hybridized carbons (Fsp3) is 0.545. The minimum atomic E-state index is -2.99. The van der Waals surface area contributed by atoms with Gasteiger partial charge in [-0.3, -0.25) is 4.79 Å². The Hall–Kier alpha value is -0.440. The van der Waals surface area contributed by atoms with Crippen LogP contribution in [0.2, 0.25) is 0 Å². The zero-order chi connectivity index (χ0) is 13.9. The summed E-state index contributed by atoms with van der Waals surface area (Å²) in [6.45, 7) is 0.909. The van der Waals surface area contributed by atoms with E-state index in [1.165, 1.54) is 0 Å². The SMILES string of the molecule is O=C(CC1CS(=O)(=O)CCN1)NCc1cc(Br)cs1. The number of sulfone groups is 1. The van der Waals surface area contributed by atoms with Crippen molar-refractivity contribution in [3.8, 4) is 0 Å². The van der Waals surface area contributed by atoms with Crippen LogP contribution < -0.4 is 10.6 Å². The molecule has 0 saturated carbocycles. The lowest BCUT2D eigenvalue weighted by molar-refractivity contribution is -0.121. The normalized spacial score (nSPS) is 22.1. The second-order valence-corrected chi connectivity index (χ2v) is 8.62. The molecule has 19 heavy (non-hydrogen) atoms. The monoisotopic (exact) mass is 366 g/mol. The van der Waals surface area contributed by atoms with Gasteiger partial charge in [0.1, 0.15) is 0 Å². The van der Waals surface area contributed by atoms with Crippen LogP contribution in [0.25, 0.3) is 0 Å². The number of amides is 1. The molecule has 1 aliphatic rings. The summed E-state index contributed by atoms with van der Waals surface area (Å²) >= 11 is 4.92. The number of carbonyl (C=O) groups is 1. The van der Waals surface area contributed by atoms with Crippen molar-refractivity contribution in [1.29, 1.82) is 0 Å². The van der Waals surface area contributed by atoms with Crippen LogP contribution in [0.4, 0.5) is 0 Å². The molecule has 0 aromatic carbocycles. The molecular weight excluding hydrogens is 352 g/mol. The zero-order valence-corrected chi connectivity index (χ0v) is 13.4. The molecule has 106 valence electrons. The third-order valence-corrected chi connectivity index (χ3v) is 6.25. The first-order valence-corrected chi connectivity index (χ1v) is 9.37. The molecule has 1 aromatic rings. The van der Waals surface area contributed by atoms with Crippen molar-refractivity contribution in [3.05, 3.63) is 20.8 Å². The molecule has 1 amide bonds. The summed E-state index contributed by atoms with van der Waals surface area (Å²) in [6, 6.07) is 1.68. The standard InChI is InChI=1S/C11H15BrN2O3S2/c12-8-3-10(18-6-8)5-14-11(15)4-9-7-19(16,17)2-1-13-9/h3,6,9,13H,1-2,4-5,7H2,(H,14,15). The first-order valence-electron chi connectivity index (χ1n) is 5.88. The number of carbonyl (C=O) groups excluding carboxylic acids is 1. The largest absolute Gasteiger partial charge is 0.351 e. The molecular formula is C11H15BrN2O3S2. The van der Waals surface area contributed by atoms with E-state index >= 15 is 0 Å². The van der Waals surface area contributed by atoms with E-state index in [2.05, 4.69) is 26.6 Å². The summed E-state index contributed by atoms with van der Waals surface area (Å²) in [5, 5.41) is 7.82. The summed E-state index contributed by atoms with van der Waals surface area (Å²) in [6.07, 6.45) is 0.200. The van der Waals surface area contributed by atoms with Crippen LogP contribution >= 0.6 is 27.3 Å². The Balaban J connectivity index is 1.78. The molecule has 1 fully saturated rings. The molecule has 1 unspecified atom stereocenters. The molecule has 8 heteroatoms. The van der Waals surface area contributed by atoms with Gasteiger partial charge in [-0.15, -0.1) is 11.3 Å². The summed E-state index contributed by atoms with van der Waals surface area (Å²) in [5.41, 5.74) is 0. The highest BCUT2D eigenvalue weighted by atomic mass is 79.9. The average Bonchev–Trinajstić information content (AvgIpc) is 2.71. The smallest absolute Gasteiger partial charge is 0.221 e. The number of halogens is 1. The maximum absolute atomic E-state index is 11.7. The molecule has 0 radical (unpaired) electrons. The Bertz CT molecular complexity index is 556. The van der Waals surface area contributed by atoms with Crippen molar-refractivity contribution < 1.29 is 13.2 Å². The molecule has 1 atom stereocenters. The van der Waals surface area contributed by atoms with Crippen molar-refractivity contribution in [2.24, 2.45) is 0 Å². The number of rotatable bonds is 4. The van der Waals surface area contributed by atoms with E-state index in [1.807, 2.05) is 11.4 Å². The van der Waals surface area contributed by atoms with Gasteiger partial charge in [-0.1, -0.05) is 0 Å². The predicted octanol–water partition coefficient (Wildman–Crippen LogP) is 0.904. The Morgan fingerprint density at radius 2 is 2.37 bits per heavy atom. The van der Waals surface area contributed by atoms with Gasteiger partial charge in [0.15, 0.2) is 9.84 Å². The third-order valence-electron chi connectivity index (χ3n) is 2.81. The van der Waals surface area contributed by atoms with Gasteiger partial charge in [0.25, 0.3) is 0 Å². The highest BCUT2D eigenvalue weighted by molar-refractivity contribution is 9.10. The lowest BCUT2D eigenvalue weighted by Gasteiger charge is -2.23. The average molecular weight is 367 g/mol.